The Balaban J connectivity index is 1.85. The number of carboxylic acids is 1. The molecule has 0 bridgehead atoms. The van der Waals surface area contributed by atoms with Crippen LogP contribution in [0.4, 0.5) is 5.69 Å². The first kappa shape index (κ1) is 18.1. The van der Waals surface area contributed by atoms with Crippen LogP contribution in [-0.2, 0) is 13.0 Å². The smallest absolute Gasteiger partial charge is 0.341 e. The van der Waals surface area contributed by atoms with Crippen molar-refractivity contribution < 1.29 is 9.90 Å². The Morgan fingerprint density at radius 2 is 2.00 bits per heavy atom. The van der Waals surface area contributed by atoms with E-state index in [-0.39, 0.29) is 5.56 Å². The molecule has 0 radical (unpaired) electrons. The SMILES string of the molecule is C=CCN1CCN(c2c(Cl)cc3c(=O)c(C(=O)O)cn4c3c2CCC4)CC1. The number of hydrogen-bond donors (Lipinski definition) is 1. The highest BCUT2D eigenvalue weighted by Gasteiger charge is 2.27. The Bertz CT molecular complexity index is 990. The lowest BCUT2D eigenvalue weighted by atomic mass is 9.96. The third-order valence-corrected chi connectivity index (χ3v) is 5.81. The van der Waals surface area contributed by atoms with Crippen LogP contribution < -0.4 is 10.3 Å². The number of aromatic nitrogens is 1. The molecule has 0 amide bonds. The summed E-state index contributed by atoms with van der Waals surface area (Å²) in [5.74, 6) is -1.20. The van der Waals surface area contributed by atoms with Crippen LogP contribution in [0.1, 0.15) is 22.3 Å². The Hall–Kier alpha value is -2.31. The minimum Gasteiger partial charge on any atom is -0.477 e. The topological polar surface area (TPSA) is 65.8 Å². The molecule has 1 saturated heterocycles. The molecule has 2 aromatic rings. The number of anilines is 1. The van der Waals surface area contributed by atoms with Crippen molar-refractivity contribution in [3.05, 3.63) is 51.3 Å². The van der Waals surface area contributed by atoms with E-state index in [2.05, 4.69) is 16.4 Å². The summed E-state index contributed by atoms with van der Waals surface area (Å²) in [5.41, 5.74) is 2.25. The molecule has 2 aliphatic rings. The summed E-state index contributed by atoms with van der Waals surface area (Å²) in [6.45, 7) is 8.99. The second-order valence-corrected chi connectivity index (χ2v) is 7.54. The van der Waals surface area contributed by atoms with E-state index in [0.717, 1.165) is 62.3 Å². The van der Waals surface area contributed by atoms with Crippen molar-refractivity contribution in [1.82, 2.24) is 9.47 Å². The highest BCUT2D eigenvalue weighted by Crippen LogP contribution is 2.38. The van der Waals surface area contributed by atoms with E-state index >= 15 is 0 Å². The molecule has 3 heterocycles. The number of nitrogens with zero attached hydrogens (tertiary/aromatic N) is 3. The molecule has 2 aliphatic heterocycles. The molecule has 0 spiro atoms. The first-order valence-electron chi connectivity index (χ1n) is 9.21. The second-order valence-electron chi connectivity index (χ2n) is 7.13. The van der Waals surface area contributed by atoms with Gasteiger partial charge in [0.2, 0.25) is 5.43 Å². The lowest BCUT2D eigenvalue weighted by molar-refractivity contribution is 0.0694. The number of benzene rings is 1. The zero-order chi connectivity index (χ0) is 19.1. The van der Waals surface area contributed by atoms with Crippen LogP contribution in [0.25, 0.3) is 10.9 Å². The van der Waals surface area contributed by atoms with E-state index in [1.54, 1.807) is 6.07 Å². The van der Waals surface area contributed by atoms with Gasteiger partial charge in [-0.1, -0.05) is 17.7 Å². The monoisotopic (exact) mass is 387 g/mol. The number of pyridine rings is 1. The van der Waals surface area contributed by atoms with E-state index in [0.29, 0.717) is 17.0 Å². The molecule has 0 saturated carbocycles. The van der Waals surface area contributed by atoms with Gasteiger partial charge in [-0.15, -0.1) is 6.58 Å². The van der Waals surface area contributed by atoms with Crippen LogP contribution >= 0.6 is 11.6 Å². The lowest BCUT2D eigenvalue weighted by Crippen LogP contribution is -2.46. The summed E-state index contributed by atoms with van der Waals surface area (Å²) in [6, 6.07) is 1.66. The fraction of sp³-hybridized carbons (Fsp3) is 0.400. The van der Waals surface area contributed by atoms with Crippen molar-refractivity contribution in [1.29, 1.82) is 0 Å². The van der Waals surface area contributed by atoms with Gasteiger partial charge in [0.05, 0.1) is 16.2 Å². The average molecular weight is 388 g/mol. The van der Waals surface area contributed by atoms with Gasteiger partial charge in [-0.25, -0.2) is 4.79 Å². The first-order valence-corrected chi connectivity index (χ1v) is 9.59. The van der Waals surface area contributed by atoms with E-state index < -0.39 is 11.4 Å². The van der Waals surface area contributed by atoms with Crippen molar-refractivity contribution in [2.24, 2.45) is 0 Å². The maximum Gasteiger partial charge on any atom is 0.341 e. The number of hydrogen-bond acceptors (Lipinski definition) is 4. The van der Waals surface area contributed by atoms with Crippen LogP contribution in [0.5, 0.6) is 0 Å². The number of piperazine rings is 1. The largest absolute Gasteiger partial charge is 0.477 e. The summed E-state index contributed by atoms with van der Waals surface area (Å²) in [4.78, 5) is 28.8. The molecule has 0 aliphatic carbocycles. The van der Waals surface area contributed by atoms with E-state index in [1.807, 2.05) is 10.6 Å². The average Bonchev–Trinajstić information content (AvgIpc) is 2.65. The van der Waals surface area contributed by atoms with E-state index in [1.165, 1.54) is 6.20 Å². The number of halogens is 1. The lowest BCUT2D eigenvalue weighted by Gasteiger charge is -2.38. The molecule has 7 heteroatoms. The second kappa shape index (κ2) is 7.02. The van der Waals surface area contributed by atoms with Crippen molar-refractivity contribution in [3.8, 4) is 0 Å². The first-order chi connectivity index (χ1) is 13.0. The van der Waals surface area contributed by atoms with Crippen molar-refractivity contribution in [2.45, 2.75) is 19.4 Å². The maximum atomic E-state index is 12.7. The molecule has 27 heavy (non-hydrogen) atoms. The van der Waals surface area contributed by atoms with Gasteiger partial charge in [0.15, 0.2) is 0 Å². The molecule has 1 fully saturated rings. The number of carbonyl (C=O) groups is 1. The quantitative estimate of drug-likeness (QED) is 0.817. The highest BCUT2D eigenvalue weighted by atomic mass is 35.5. The van der Waals surface area contributed by atoms with E-state index in [9.17, 15) is 14.7 Å². The van der Waals surface area contributed by atoms with Crippen LogP contribution in [0.3, 0.4) is 0 Å². The summed E-state index contributed by atoms with van der Waals surface area (Å²) >= 11 is 6.63. The van der Waals surface area contributed by atoms with Gasteiger partial charge in [-0.3, -0.25) is 9.69 Å². The summed E-state index contributed by atoms with van der Waals surface area (Å²) < 4.78 is 1.91. The van der Waals surface area contributed by atoms with Gasteiger partial charge in [0.25, 0.3) is 0 Å². The number of rotatable bonds is 4. The van der Waals surface area contributed by atoms with Gasteiger partial charge in [0.1, 0.15) is 5.56 Å². The van der Waals surface area contributed by atoms with Crippen LogP contribution in [0.15, 0.2) is 29.7 Å². The third kappa shape index (κ3) is 3.03. The zero-order valence-corrected chi connectivity index (χ0v) is 15.8. The van der Waals surface area contributed by atoms with Crippen molar-refractivity contribution in [2.75, 3.05) is 37.6 Å². The fourth-order valence-electron chi connectivity index (χ4n) is 4.28. The summed E-state index contributed by atoms with van der Waals surface area (Å²) in [6.07, 6.45) is 5.13. The van der Waals surface area contributed by atoms with Gasteiger partial charge >= 0.3 is 5.97 Å². The predicted octanol–water partition coefficient (Wildman–Crippen LogP) is 2.61. The Morgan fingerprint density at radius 3 is 2.67 bits per heavy atom. The van der Waals surface area contributed by atoms with Gasteiger partial charge < -0.3 is 14.6 Å². The minimum atomic E-state index is -1.20. The summed E-state index contributed by atoms with van der Waals surface area (Å²) in [7, 11) is 0. The molecule has 0 atom stereocenters. The van der Waals surface area contributed by atoms with Gasteiger partial charge in [-0.2, -0.15) is 0 Å². The molecular formula is C20H22ClN3O3. The highest BCUT2D eigenvalue weighted by molar-refractivity contribution is 6.34. The molecule has 1 aromatic carbocycles. The number of carboxylic acid groups (broad SMARTS) is 1. The Labute approximate surface area is 162 Å². The van der Waals surface area contributed by atoms with Crippen LogP contribution in [0.2, 0.25) is 5.02 Å². The normalized spacial score (nSPS) is 17.3. The minimum absolute atomic E-state index is 0.197. The number of aromatic carboxylic acids is 1. The predicted molar refractivity (Wildman–Crippen MR) is 107 cm³/mol. The van der Waals surface area contributed by atoms with Crippen molar-refractivity contribution >= 4 is 34.2 Å². The zero-order valence-electron chi connectivity index (χ0n) is 15.1. The molecule has 6 nitrogen and oxygen atoms in total. The third-order valence-electron chi connectivity index (χ3n) is 5.52. The van der Waals surface area contributed by atoms with Crippen LogP contribution in [-0.4, -0.2) is 53.3 Å². The number of aryl methyl sites for hydroxylation is 2. The van der Waals surface area contributed by atoms with Gasteiger partial charge in [-0.05, 0) is 18.9 Å². The molecule has 4 rings (SSSR count). The van der Waals surface area contributed by atoms with Crippen LogP contribution in [0, 0.1) is 0 Å². The standard InChI is InChI=1S/C20H22ClN3O3/c1-2-5-22-7-9-23(10-8-22)18-13-4-3-6-24-12-15(20(26)27)19(25)14(17(13)24)11-16(18)21/h2,11-12H,1,3-10H2,(H,26,27). The Kier molecular flexibility index (Phi) is 4.70. The summed E-state index contributed by atoms with van der Waals surface area (Å²) in [5, 5.41) is 10.3. The van der Waals surface area contributed by atoms with Crippen molar-refractivity contribution in [3.63, 3.8) is 0 Å². The molecule has 1 aromatic heterocycles. The van der Waals surface area contributed by atoms with E-state index in [4.69, 9.17) is 11.6 Å². The molecular weight excluding hydrogens is 366 g/mol. The molecule has 0 unspecified atom stereocenters. The Morgan fingerprint density at radius 1 is 1.26 bits per heavy atom. The van der Waals surface area contributed by atoms with Gasteiger partial charge in [0, 0.05) is 56.4 Å². The fourth-order valence-corrected chi connectivity index (χ4v) is 4.62. The molecule has 142 valence electrons. The molecule has 1 N–H and O–H groups in total. The maximum absolute atomic E-state index is 12.7.